The van der Waals surface area contributed by atoms with Crippen molar-refractivity contribution in [3.05, 3.63) is 42.9 Å². The van der Waals surface area contributed by atoms with E-state index in [0.717, 1.165) is 66.6 Å². The van der Waals surface area contributed by atoms with E-state index in [-0.39, 0.29) is 0 Å². The lowest BCUT2D eigenvalue weighted by atomic mass is 9.93. The number of rotatable bonds is 3. The Labute approximate surface area is 165 Å². The predicted molar refractivity (Wildman–Crippen MR) is 110 cm³/mol. The van der Waals surface area contributed by atoms with Gasteiger partial charge in [0.05, 0.1) is 17.3 Å². The molecule has 3 aliphatic rings. The minimum absolute atomic E-state index is 0.840. The summed E-state index contributed by atoms with van der Waals surface area (Å²) in [7, 11) is 0. The average Bonchev–Trinajstić information content (AvgIpc) is 3.50. The summed E-state index contributed by atoms with van der Waals surface area (Å²) < 4.78 is 1.91. The first-order valence-corrected chi connectivity index (χ1v) is 10.6. The lowest BCUT2D eigenvalue weighted by Crippen LogP contribution is -2.52. The summed E-state index contributed by atoms with van der Waals surface area (Å²) in [5.41, 5.74) is 1.91. The quantitative estimate of drug-likeness (QED) is 0.705. The van der Waals surface area contributed by atoms with E-state index in [9.17, 15) is 0 Å². The highest BCUT2D eigenvalue weighted by molar-refractivity contribution is 5.87. The highest BCUT2D eigenvalue weighted by Crippen LogP contribution is 2.46. The van der Waals surface area contributed by atoms with E-state index in [1.165, 1.54) is 25.7 Å². The van der Waals surface area contributed by atoms with Gasteiger partial charge in [0.2, 0.25) is 0 Å². The van der Waals surface area contributed by atoms with E-state index in [4.69, 9.17) is 0 Å². The summed E-state index contributed by atoms with van der Waals surface area (Å²) in [5.74, 6) is 3.00. The van der Waals surface area contributed by atoms with Gasteiger partial charge in [-0.15, -0.1) is 0 Å². The molecular weight excluding hydrogens is 348 g/mol. The normalized spacial score (nSPS) is 27.7. The highest BCUT2D eigenvalue weighted by Gasteiger charge is 2.42. The molecule has 0 spiro atoms. The molecule has 0 amide bonds. The minimum atomic E-state index is 0.840. The molecule has 2 aromatic heterocycles. The van der Waals surface area contributed by atoms with Crippen LogP contribution < -0.4 is 4.90 Å². The van der Waals surface area contributed by atoms with Gasteiger partial charge in [0.25, 0.3) is 0 Å². The summed E-state index contributed by atoms with van der Waals surface area (Å²) >= 11 is 0. The molecule has 6 rings (SSSR count). The molecule has 2 bridgehead atoms. The van der Waals surface area contributed by atoms with Crippen molar-refractivity contribution in [2.45, 2.75) is 31.7 Å². The molecule has 3 aromatic rings. The van der Waals surface area contributed by atoms with Gasteiger partial charge in [-0.25, -0.2) is 14.6 Å². The summed E-state index contributed by atoms with van der Waals surface area (Å²) in [4.78, 5) is 14.3. The molecule has 28 heavy (non-hydrogen) atoms. The zero-order valence-corrected chi connectivity index (χ0v) is 16.1. The van der Waals surface area contributed by atoms with Gasteiger partial charge >= 0.3 is 0 Å². The summed E-state index contributed by atoms with van der Waals surface area (Å²) in [5, 5.41) is 5.64. The average molecular weight is 374 g/mol. The van der Waals surface area contributed by atoms with Crippen LogP contribution in [0.15, 0.2) is 42.9 Å². The number of benzene rings is 1. The van der Waals surface area contributed by atoms with E-state index < -0.39 is 0 Å². The fourth-order valence-corrected chi connectivity index (χ4v) is 5.77. The molecule has 3 atom stereocenters. The van der Waals surface area contributed by atoms with E-state index in [1.807, 2.05) is 29.1 Å². The zero-order chi connectivity index (χ0) is 18.5. The molecule has 0 N–H and O–H groups in total. The first kappa shape index (κ1) is 16.5. The fourth-order valence-electron chi connectivity index (χ4n) is 5.77. The van der Waals surface area contributed by atoms with Gasteiger partial charge < -0.3 is 4.90 Å². The molecule has 2 aliphatic carbocycles. The molecule has 144 valence electrons. The number of fused-ring (bicyclic) bond motifs is 3. The van der Waals surface area contributed by atoms with Gasteiger partial charge in [-0.05, 0) is 43.2 Å². The molecule has 0 radical (unpaired) electrons. The third-order valence-corrected chi connectivity index (χ3v) is 7.13. The van der Waals surface area contributed by atoms with Crippen molar-refractivity contribution in [1.82, 2.24) is 24.6 Å². The SMILES string of the molecule is c1ccc(-n2ncc3c(N4CCN(C5CC6CCC5C6)CC4)ncnc32)cc1. The van der Waals surface area contributed by atoms with Crippen LogP contribution in [0.2, 0.25) is 0 Å². The Morgan fingerprint density at radius 2 is 1.75 bits per heavy atom. The molecule has 6 heteroatoms. The molecule has 3 unspecified atom stereocenters. The van der Waals surface area contributed by atoms with E-state index in [1.54, 1.807) is 6.33 Å². The number of aromatic nitrogens is 4. The number of nitrogens with zero attached hydrogens (tertiary/aromatic N) is 6. The van der Waals surface area contributed by atoms with Crippen molar-refractivity contribution in [2.75, 3.05) is 31.1 Å². The molecule has 1 aliphatic heterocycles. The maximum atomic E-state index is 4.64. The first-order chi connectivity index (χ1) is 13.9. The molecule has 6 nitrogen and oxygen atoms in total. The number of para-hydroxylation sites is 1. The summed E-state index contributed by atoms with van der Waals surface area (Å²) in [6.45, 7) is 4.37. The Morgan fingerprint density at radius 3 is 2.50 bits per heavy atom. The third-order valence-electron chi connectivity index (χ3n) is 7.13. The van der Waals surface area contributed by atoms with Gasteiger partial charge in [-0.2, -0.15) is 5.10 Å². The van der Waals surface area contributed by atoms with Crippen molar-refractivity contribution >= 4 is 16.9 Å². The zero-order valence-electron chi connectivity index (χ0n) is 16.1. The van der Waals surface area contributed by atoms with Gasteiger partial charge in [0.1, 0.15) is 12.1 Å². The number of hydrogen-bond donors (Lipinski definition) is 0. The van der Waals surface area contributed by atoms with Crippen LogP contribution in [-0.4, -0.2) is 56.9 Å². The Balaban J connectivity index is 1.24. The molecular formula is C22H26N6. The van der Waals surface area contributed by atoms with Crippen LogP contribution >= 0.6 is 0 Å². The van der Waals surface area contributed by atoms with Crippen LogP contribution in [0.3, 0.4) is 0 Å². The van der Waals surface area contributed by atoms with Gasteiger partial charge in [-0.1, -0.05) is 24.6 Å². The fraction of sp³-hybridized carbons (Fsp3) is 0.500. The standard InChI is InChI=1S/C22H26N6/c1-2-4-18(5-3-1)28-22-19(14-25-28)21(23-15-24-22)27-10-8-26(9-11-27)20-13-16-6-7-17(20)12-16/h1-5,14-17,20H,6-13H2. The third kappa shape index (κ3) is 2.62. The van der Waals surface area contributed by atoms with Crippen molar-refractivity contribution in [3.63, 3.8) is 0 Å². The van der Waals surface area contributed by atoms with E-state index in [2.05, 4.69) is 37.0 Å². The monoisotopic (exact) mass is 374 g/mol. The first-order valence-electron chi connectivity index (χ1n) is 10.6. The Bertz CT molecular complexity index is 975. The topological polar surface area (TPSA) is 50.1 Å². The maximum absolute atomic E-state index is 4.64. The van der Waals surface area contributed by atoms with Gasteiger partial charge in [0, 0.05) is 32.2 Å². The van der Waals surface area contributed by atoms with E-state index >= 15 is 0 Å². The molecule has 2 saturated carbocycles. The Kier molecular flexibility index (Phi) is 3.86. The number of piperazine rings is 1. The smallest absolute Gasteiger partial charge is 0.168 e. The Hall–Kier alpha value is -2.47. The van der Waals surface area contributed by atoms with Gasteiger partial charge in [-0.3, -0.25) is 4.90 Å². The largest absolute Gasteiger partial charge is 0.353 e. The van der Waals surface area contributed by atoms with Crippen LogP contribution in [0.5, 0.6) is 0 Å². The second kappa shape index (κ2) is 6.55. The van der Waals surface area contributed by atoms with Crippen molar-refractivity contribution < 1.29 is 0 Å². The van der Waals surface area contributed by atoms with Crippen molar-refractivity contribution in [1.29, 1.82) is 0 Å². The second-order valence-electron chi connectivity index (χ2n) is 8.59. The number of anilines is 1. The van der Waals surface area contributed by atoms with Crippen molar-refractivity contribution in [3.8, 4) is 5.69 Å². The molecule has 3 heterocycles. The predicted octanol–water partition coefficient (Wildman–Crippen LogP) is 3.13. The lowest BCUT2D eigenvalue weighted by molar-refractivity contribution is 0.135. The highest BCUT2D eigenvalue weighted by atomic mass is 15.3. The molecule has 1 saturated heterocycles. The van der Waals surface area contributed by atoms with Crippen LogP contribution in [0.25, 0.3) is 16.7 Å². The second-order valence-corrected chi connectivity index (χ2v) is 8.59. The van der Waals surface area contributed by atoms with Crippen molar-refractivity contribution in [2.24, 2.45) is 11.8 Å². The molecule has 3 fully saturated rings. The van der Waals surface area contributed by atoms with E-state index in [0.29, 0.717) is 0 Å². The lowest BCUT2D eigenvalue weighted by Gasteiger charge is -2.41. The van der Waals surface area contributed by atoms with Crippen LogP contribution in [-0.2, 0) is 0 Å². The number of hydrogen-bond acceptors (Lipinski definition) is 5. The Morgan fingerprint density at radius 1 is 0.893 bits per heavy atom. The van der Waals surface area contributed by atoms with Crippen LogP contribution in [0.1, 0.15) is 25.7 Å². The molecule has 1 aromatic carbocycles. The minimum Gasteiger partial charge on any atom is -0.353 e. The van der Waals surface area contributed by atoms with Crippen LogP contribution in [0, 0.1) is 11.8 Å². The summed E-state index contributed by atoms with van der Waals surface area (Å²) in [6, 6.07) is 11.0. The maximum Gasteiger partial charge on any atom is 0.168 e. The van der Waals surface area contributed by atoms with Gasteiger partial charge in [0.15, 0.2) is 5.65 Å². The summed E-state index contributed by atoms with van der Waals surface area (Å²) in [6.07, 6.45) is 9.45. The van der Waals surface area contributed by atoms with Crippen LogP contribution in [0.4, 0.5) is 5.82 Å².